The topological polar surface area (TPSA) is 98.0 Å². The molecule has 0 fully saturated rings. The number of rotatable bonds is 5. The summed E-state index contributed by atoms with van der Waals surface area (Å²) in [5, 5.41) is 7.28. The van der Waals surface area contributed by atoms with Crippen LogP contribution in [-0.2, 0) is 4.79 Å². The molecule has 0 radical (unpaired) electrons. The second kappa shape index (κ2) is 6.65. The second-order valence-electron chi connectivity index (χ2n) is 4.59. The van der Waals surface area contributed by atoms with Gasteiger partial charge in [-0.15, -0.1) is 22.7 Å². The lowest BCUT2D eigenvalue weighted by Crippen LogP contribution is -2.23. The van der Waals surface area contributed by atoms with Gasteiger partial charge in [-0.05, 0) is 29.8 Å². The Morgan fingerprint density at radius 3 is 2.83 bits per heavy atom. The molecule has 118 valence electrons. The molecule has 3 heterocycles. The van der Waals surface area contributed by atoms with Crippen molar-refractivity contribution in [3.63, 3.8) is 0 Å². The van der Waals surface area contributed by atoms with Gasteiger partial charge in [0.25, 0.3) is 5.91 Å². The van der Waals surface area contributed by atoms with E-state index in [1.807, 2.05) is 11.4 Å². The summed E-state index contributed by atoms with van der Waals surface area (Å²) in [6.07, 6.45) is 1.49. The smallest absolute Gasteiger partial charge is 0.251 e. The average Bonchev–Trinajstić information content (AvgIpc) is 3.16. The number of primary amides is 1. The van der Waals surface area contributed by atoms with Crippen LogP contribution >= 0.6 is 34.4 Å². The highest BCUT2D eigenvalue weighted by molar-refractivity contribution is 8.00. The Balaban J connectivity index is 1.74. The molecular weight excluding hydrogens is 352 g/mol. The number of aromatic nitrogens is 2. The maximum atomic E-state index is 12.3. The molecule has 6 nitrogen and oxygen atoms in total. The summed E-state index contributed by atoms with van der Waals surface area (Å²) in [6.45, 7) is 1.79. The van der Waals surface area contributed by atoms with E-state index in [2.05, 4.69) is 15.3 Å². The molecule has 0 aliphatic heterocycles. The predicted molar refractivity (Wildman–Crippen MR) is 94.2 cm³/mol. The van der Waals surface area contributed by atoms with Crippen molar-refractivity contribution in [3.8, 4) is 0 Å². The molecule has 3 aromatic rings. The summed E-state index contributed by atoms with van der Waals surface area (Å²) in [6, 6.07) is 3.52. The second-order valence-corrected chi connectivity index (χ2v) is 7.75. The lowest BCUT2D eigenvalue weighted by atomic mass is 10.3. The van der Waals surface area contributed by atoms with E-state index in [-0.39, 0.29) is 11.2 Å². The third-order valence-electron chi connectivity index (χ3n) is 3.04. The largest absolute Gasteiger partial charge is 0.366 e. The molecule has 0 unspecified atom stereocenters. The molecule has 3 aromatic heterocycles. The van der Waals surface area contributed by atoms with Crippen LogP contribution in [0.2, 0.25) is 0 Å². The third-order valence-corrected chi connectivity index (χ3v) is 6.01. The fourth-order valence-corrected chi connectivity index (χ4v) is 4.52. The van der Waals surface area contributed by atoms with Crippen molar-refractivity contribution in [1.29, 1.82) is 0 Å². The van der Waals surface area contributed by atoms with E-state index in [0.29, 0.717) is 10.6 Å². The number of nitrogens with one attached hydrogen (secondary N) is 1. The minimum absolute atomic E-state index is 0.205. The molecule has 3 N–H and O–H groups in total. The Labute approximate surface area is 144 Å². The molecule has 9 heteroatoms. The van der Waals surface area contributed by atoms with E-state index in [1.165, 1.54) is 29.4 Å². The van der Waals surface area contributed by atoms with Gasteiger partial charge in [0.05, 0.1) is 21.0 Å². The van der Waals surface area contributed by atoms with Gasteiger partial charge in [-0.3, -0.25) is 9.59 Å². The molecule has 3 rings (SSSR count). The van der Waals surface area contributed by atoms with Crippen LogP contribution in [0, 0.1) is 0 Å². The fraction of sp³-hybridized carbons (Fsp3) is 0.143. The molecule has 0 aliphatic rings. The van der Waals surface area contributed by atoms with Crippen molar-refractivity contribution < 1.29 is 9.59 Å². The summed E-state index contributed by atoms with van der Waals surface area (Å²) in [4.78, 5) is 32.1. The number of thioether (sulfide) groups is 1. The predicted octanol–water partition coefficient (Wildman–Crippen LogP) is 2.97. The average molecular weight is 364 g/mol. The molecule has 0 aromatic carbocycles. The van der Waals surface area contributed by atoms with Crippen molar-refractivity contribution in [1.82, 2.24) is 9.97 Å². The number of carbonyl (C=O) groups is 2. The SMILES string of the molecule is C[C@@H](Sc1ncnc2ccsc12)C(=O)Nc1sccc1C(N)=O. The lowest BCUT2D eigenvalue weighted by Gasteiger charge is -2.11. The van der Waals surface area contributed by atoms with Crippen LogP contribution in [0.4, 0.5) is 5.00 Å². The van der Waals surface area contributed by atoms with Gasteiger partial charge in [-0.25, -0.2) is 9.97 Å². The first-order chi connectivity index (χ1) is 11.1. The molecule has 0 saturated heterocycles. The Bertz CT molecular complexity index is 874. The van der Waals surface area contributed by atoms with Crippen molar-refractivity contribution in [2.45, 2.75) is 17.2 Å². The maximum Gasteiger partial charge on any atom is 0.251 e. The monoisotopic (exact) mass is 364 g/mol. The van der Waals surface area contributed by atoms with Gasteiger partial charge in [0.1, 0.15) is 16.4 Å². The maximum absolute atomic E-state index is 12.3. The lowest BCUT2D eigenvalue weighted by molar-refractivity contribution is -0.115. The number of carbonyl (C=O) groups excluding carboxylic acids is 2. The van der Waals surface area contributed by atoms with Gasteiger partial charge in [0.15, 0.2) is 0 Å². The Morgan fingerprint density at radius 1 is 1.26 bits per heavy atom. The van der Waals surface area contributed by atoms with E-state index < -0.39 is 5.91 Å². The number of thiophene rings is 2. The van der Waals surface area contributed by atoms with Crippen LogP contribution in [0.3, 0.4) is 0 Å². The third kappa shape index (κ3) is 3.36. The van der Waals surface area contributed by atoms with Gasteiger partial charge in [-0.1, -0.05) is 11.8 Å². The molecule has 0 spiro atoms. The van der Waals surface area contributed by atoms with E-state index in [0.717, 1.165) is 15.2 Å². The van der Waals surface area contributed by atoms with Gasteiger partial charge in [-0.2, -0.15) is 0 Å². The van der Waals surface area contributed by atoms with Gasteiger partial charge >= 0.3 is 0 Å². The van der Waals surface area contributed by atoms with Gasteiger partial charge in [0, 0.05) is 0 Å². The highest BCUT2D eigenvalue weighted by atomic mass is 32.2. The van der Waals surface area contributed by atoms with Crippen LogP contribution in [0.15, 0.2) is 34.2 Å². The zero-order valence-corrected chi connectivity index (χ0v) is 14.4. The zero-order chi connectivity index (χ0) is 16.4. The molecular formula is C14H12N4O2S3. The van der Waals surface area contributed by atoms with Crippen LogP contribution in [0.25, 0.3) is 10.2 Å². The molecule has 1 atom stereocenters. The quantitative estimate of drug-likeness (QED) is 0.536. The molecule has 0 aliphatic carbocycles. The standard InChI is InChI=1S/C14H12N4O2S3/c1-7(12(20)18-13-8(11(15)19)2-4-22-13)23-14-10-9(3-5-21-10)16-6-17-14/h2-7H,1H3,(H2,15,19)(H,18,20)/t7-/m1/s1. The Hall–Kier alpha value is -1.97. The summed E-state index contributed by atoms with van der Waals surface area (Å²) in [5.41, 5.74) is 6.47. The normalized spacial score (nSPS) is 12.2. The Morgan fingerprint density at radius 2 is 2.04 bits per heavy atom. The zero-order valence-electron chi connectivity index (χ0n) is 12.0. The fourth-order valence-electron chi connectivity index (χ4n) is 1.88. The number of amides is 2. The first-order valence-corrected chi connectivity index (χ1v) is 9.23. The van der Waals surface area contributed by atoms with Crippen molar-refractivity contribution in [2.75, 3.05) is 5.32 Å². The van der Waals surface area contributed by atoms with Crippen LogP contribution in [-0.4, -0.2) is 27.0 Å². The number of nitrogens with zero attached hydrogens (tertiary/aromatic N) is 2. The van der Waals surface area contributed by atoms with E-state index >= 15 is 0 Å². The summed E-state index contributed by atoms with van der Waals surface area (Å²) in [7, 11) is 0. The number of nitrogens with two attached hydrogens (primary N) is 1. The summed E-state index contributed by atoms with van der Waals surface area (Å²) >= 11 is 4.17. The minimum atomic E-state index is -0.557. The minimum Gasteiger partial charge on any atom is -0.366 e. The highest BCUT2D eigenvalue weighted by Gasteiger charge is 2.20. The molecule has 2 amide bonds. The van der Waals surface area contributed by atoms with Gasteiger partial charge in [0.2, 0.25) is 5.91 Å². The van der Waals surface area contributed by atoms with Gasteiger partial charge < -0.3 is 11.1 Å². The molecule has 0 bridgehead atoms. The van der Waals surface area contributed by atoms with Crippen molar-refractivity contribution in [2.24, 2.45) is 5.73 Å². The molecule has 23 heavy (non-hydrogen) atoms. The van der Waals surface area contributed by atoms with Crippen LogP contribution < -0.4 is 11.1 Å². The van der Waals surface area contributed by atoms with Crippen LogP contribution in [0.5, 0.6) is 0 Å². The first kappa shape index (κ1) is 15.9. The summed E-state index contributed by atoms with van der Waals surface area (Å²) < 4.78 is 0.964. The molecule has 0 saturated carbocycles. The van der Waals surface area contributed by atoms with E-state index in [9.17, 15) is 9.59 Å². The number of anilines is 1. The van der Waals surface area contributed by atoms with E-state index in [4.69, 9.17) is 5.73 Å². The number of hydrogen-bond acceptors (Lipinski definition) is 7. The number of fused-ring (bicyclic) bond motifs is 1. The number of hydrogen-bond donors (Lipinski definition) is 2. The highest BCUT2D eigenvalue weighted by Crippen LogP contribution is 2.32. The van der Waals surface area contributed by atoms with Crippen molar-refractivity contribution >= 4 is 61.5 Å². The van der Waals surface area contributed by atoms with E-state index in [1.54, 1.807) is 29.7 Å². The van der Waals surface area contributed by atoms with Crippen LogP contribution in [0.1, 0.15) is 17.3 Å². The first-order valence-electron chi connectivity index (χ1n) is 6.59. The summed E-state index contributed by atoms with van der Waals surface area (Å²) in [5.74, 6) is -0.763. The Kier molecular flexibility index (Phi) is 4.60. The van der Waals surface area contributed by atoms with Crippen molar-refractivity contribution in [3.05, 3.63) is 34.8 Å².